The van der Waals surface area contributed by atoms with Gasteiger partial charge in [0.25, 0.3) is 5.91 Å². The molecule has 1 aromatic heterocycles. The van der Waals surface area contributed by atoms with Gasteiger partial charge < -0.3 is 15.1 Å². The number of carbonyl (C=O) groups excluding carboxylic acids is 2. The first-order chi connectivity index (χ1) is 14.6. The van der Waals surface area contributed by atoms with Gasteiger partial charge in [0.15, 0.2) is 5.11 Å². The highest BCUT2D eigenvalue weighted by Crippen LogP contribution is 2.43. The molecule has 0 saturated carbocycles. The zero-order valence-corrected chi connectivity index (χ0v) is 16.6. The summed E-state index contributed by atoms with van der Waals surface area (Å²) in [4.78, 5) is 35.7. The number of fused-ring (bicyclic) bond motifs is 6. The number of aromatic nitrogens is 1. The second-order valence-electron chi connectivity index (χ2n) is 7.43. The van der Waals surface area contributed by atoms with Gasteiger partial charge in [0.1, 0.15) is 17.8 Å². The summed E-state index contributed by atoms with van der Waals surface area (Å²) in [5.74, 6) is 2.19. The third-order valence-corrected chi connectivity index (χ3v) is 6.37. The molecule has 8 nitrogen and oxygen atoms in total. The van der Waals surface area contributed by atoms with Gasteiger partial charge in [-0.3, -0.25) is 4.79 Å². The molecule has 3 saturated heterocycles. The maximum Gasteiger partial charge on any atom is 0.332 e. The zero-order chi connectivity index (χ0) is 21.0. The standard InChI is InChI=1S/C21H16N6O2S/c1-2-7-23-20(30)25-11-12-8-16(25)18-19(28)27(21(29)26(12)18)17-10-24-15(9-22)13-5-3-4-6-14(13)17/h1,3-6,10,12,16,18H,7-8,11H2,(H,23,30). The Labute approximate surface area is 178 Å². The van der Waals surface area contributed by atoms with E-state index in [0.717, 1.165) is 0 Å². The van der Waals surface area contributed by atoms with Crippen LogP contribution in [0.15, 0.2) is 30.5 Å². The first-order valence-corrected chi connectivity index (χ1v) is 9.89. The number of carbonyl (C=O) groups is 2. The molecule has 3 atom stereocenters. The van der Waals surface area contributed by atoms with E-state index in [0.29, 0.717) is 41.1 Å². The summed E-state index contributed by atoms with van der Waals surface area (Å²) in [6, 6.07) is 7.98. The van der Waals surface area contributed by atoms with E-state index in [1.807, 2.05) is 4.90 Å². The molecule has 5 rings (SSSR count). The van der Waals surface area contributed by atoms with Crippen LogP contribution in [0.1, 0.15) is 12.1 Å². The summed E-state index contributed by atoms with van der Waals surface area (Å²) in [6.07, 6.45) is 7.42. The Morgan fingerprint density at radius 2 is 2.10 bits per heavy atom. The average Bonchev–Trinajstić information content (AvgIpc) is 3.43. The van der Waals surface area contributed by atoms with Crippen molar-refractivity contribution in [3.05, 3.63) is 36.2 Å². The Kier molecular flexibility index (Phi) is 4.09. The molecule has 30 heavy (non-hydrogen) atoms. The van der Waals surface area contributed by atoms with E-state index < -0.39 is 6.04 Å². The molecule has 0 spiro atoms. The van der Waals surface area contributed by atoms with Gasteiger partial charge in [-0.05, 0) is 18.6 Å². The third-order valence-electron chi connectivity index (χ3n) is 5.99. The number of pyridine rings is 1. The van der Waals surface area contributed by atoms with Crippen molar-refractivity contribution < 1.29 is 9.59 Å². The quantitative estimate of drug-likeness (QED) is 0.447. The summed E-state index contributed by atoms with van der Waals surface area (Å²) >= 11 is 5.44. The maximum absolute atomic E-state index is 13.4. The number of nitriles is 1. The molecular formula is C21H16N6O2S. The Morgan fingerprint density at radius 1 is 1.33 bits per heavy atom. The lowest BCUT2D eigenvalue weighted by Crippen LogP contribution is -2.56. The number of piperazine rings is 1. The fraction of sp³-hybridized carbons (Fsp3) is 0.286. The Morgan fingerprint density at radius 3 is 2.83 bits per heavy atom. The lowest BCUT2D eigenvalue weighted by atomic mass is 10.1. The van der Waals surface area contributed by atoms with Crippen LogP contribution in [0.3, 0.4) is 0 Å². The summed E-state index contributed by atoms with van der Waals surface area (Å²) in [7, 11) is 0. The molecule has 0 radical (unpaired) electrons. The summed E-state index contributed by atoms with van der Waals surface area (Å²) in [5.41, 5.74) is 0.651. The molecule has 3 aliphatic heterocycles. The van der Waals surface area contributed by atoms with E-state index in [9.17, 15) is 14.9 Å². The molecular weight excluding hydrogens is 400 g/mol. The van der Waals surface area contributed by atoms with Crippen LogP contribution < -0.4 is 10.2 Å². The Bertz CT molecular complexity index is 1200. The van der Waals surface area contributed by atoms with Gasteiger partial charge in [-0.15, -0.1) is 6.42 Å². The molecule has 9 heteroatoms. The number of hydrogen-bond donors (Lipinski definition) is 1. The fourth-order valence-electron chi connectivity index (χ4n) is 4.79. The zero-order valence-electron chi connectivity index (χ0n) is 15.8. The topological polar surface area (TPSA) is 92.6 Å². The number of benzene rings is 1. The van der Waals surface area contributed by atoms with Crippen molar-refractivity contribution in [2.45, 2.75) is 24.5 Å². The highest BCUT2D eigenvalue weighted by Gasteiger charge is 2.62. The van der Waals surface area contributed by atoms with Gasteiger partial charge in [0.2, 0.25) is 0 Å². The van der Waals surface area contributed by atoms with Crippen molar-refractivity contribution >= 4 is 45.7 Å². The predicted octanol–water partition coefficient (Wildman–Crippen LogP) is 1.21. The number of anilines is 1. The average molecular weight is 416 g/mol. The molecule has 3 aliphatic rings. The second kappa shape index (κ2) is 6.68. The van der Waals surface area contributed by atoms with E-state index in [4.69, 9.17) is 18.6 Å². The van der Waals surface area contributed by atoms with Gasteiger partial charge in [0, 0.05) is 17.3 Å². The lowest BCUT2D eigenvalue weighted by molar-refractivity contribution is -0.120. The number of terminal acetylenes is 1. The minimum absolute atomic E-state index is 0.0929. The SMILES string of the molecule is C#CCNC(=S)N1CC2CC1C1C(=O)N(c3cnc(C#N)c4ccccc34)C(=O)N21. The van der Waals surface area contributed by atoms with E-state index in [1.165, 1.54) is 11.1 Å². The Hall–Kier alpha value is -3.69. The van der Waals surface area contributed by atoms with E-state index >= 15 is 0 Å². The molecule has 2 bridgehead atoms. The molecule has 3 unspecified atom stereocenters. The number of rotatable bonds is 2. The number of likely N-dealkylation sites (tertiary alicyclic amines) is 1. The summed E-state index contributed by atoms with van der Waals surface area (Å²) in [6.45, 7) is 0.875. The highest BCUT2D eigenvalue weighted by molar-refractivity contribution is 7.80. The molecule has 148 valence electrons. The smallest absolute Gasteiger partial charge is 0.332 e. The number of thiocarbonyl (C=S) groups is 1. The number of nitrogens with one attached hydrogen (secondary N) is 1. The van der Waals surface area contributed by atoms with Crippen molar-refractivity contribution in [1.29, 1.82) is 5.26 Å². The molecule has 4 heterocycles. The predicted molar refractivity (Wildman–Crippen MR) is 113 cm³/mol. The van der Waals surface area contributed by atoms with Crippen LogP contribution in [-0.4, -0.2) is 63.0 Å². The number of hydrogen-bond acceptors (Lipinski definition) is 5. The van der Waals surface area contributed by atoms with Gasteiger partial charge in [-0.25, -0.2) is 14.7 Å². The van der Waals surface area contributed by atoms with Crippen molar-refractivity contribution in [1.82, 2.24) is 20.1 Å². The maximum atomic E-state index is 13.4. The van der Waals surface area contributed by atoms with E-state index in [1.54, 1.807) is 29.2 Å². The lowest BCUT2D eigenvalue weighted by Gasteiger charge is -2.36. The number of amides is 3. The third kappa shape index (κ3) is 2.39. The van der Waals surface area contributed by atoms with Crippen molar-refractivity contribution in [2.75, 3.05) is 18.0 Å². The van der Waals surface area contributed by atoms with Crippen molar-refractivity contribution in [2.24, 2.45) is 0 Å². The van der Waals surface area contributed by atoms with Gasteiger partial charge in [0.05, 0.1) is 30.5 Å². The molecule has 1 aromatic carbocycles. The molecule has 3 fully saturated rings. The van der Waals surface area contributed by atoms with E-state index in [-0.39, 0.29) is 29.7 Å². The molecule has 2 aromatic rings. The molecule has 1 N–H and O–H groups in total. The fourth-order valence-corrected chi connectivity index (χ4v) is 5.07. The van der Waals surface area contributed by atoms with Crippen molar-refractivity contribution in [3.63, 3.8) is 0 Å². The van der Waals surface area contributed by atoms with Crippen LogP contribution in [0.4, 0.5) is 10.5 Å². The highest BCUT2D eigenvalue weighted by atomic mass is 32.1. The second-order valence-corrected chi connectivity index (χ2v) is 7.82. The summed E-state index contributed by atoms with van der Waals surface area (Å²) < 4.78 is 0. The molecule has 3 amide bonds. The first kappa shape index (κ1) is 18.3. The van der Waals surface area contributed by atoms with Crippen LogP contribution in [-0.2, 0) is 4.79 Å². The van der Waals surface area contributed by atoms with Crippen LogP contribution in [0, 0.1) is 23.7 Å². The molecule has 0 aliphatic carbocycles. The summed E-state index contributed by atoms with van der Waals surface area (Å²) in [5, 5.41) is 14.1. The monoisotopic (exact) mass is 416 g/mol. The number of urea groups is 1. The van der Waals surface area contributed by atoms with E-state index in [2.05, 4.69) is 22.3 Å². The largest absolute Gasteiger partial charge is 0.352 e. The van der Waals surface area contributed by atoms with Crippen LogP contribution in [0.25, 0.3) is 10.8 Å². The van der Waals surface area contributed by atoms with Crippen LogP contribution in [0.5, 0.6) is 0 Å². The van der Waals surface area contributed by atoms with Gasteiger partial charge >= 0.3 is 6.03 Å². The minimum Gasteiger partial charge on any atom is -0.352 e. The Balaban J connectivity index is 1.52. The number of imide groups is 1. The van der Waals surface area contributed by atoms with Crippen LogP contribution >= 0.6 is 12.2 Å². The minimum atomic E-state index is -0.601. The number of nitrogens with zero attached hydrogens (tertiary/aromatic N) is 5. The normalized spacial score (nSPS) is 24.2. The van der Waals surface area contributed by atoms with Gasteiger partial charge in [-0.2, -0.15) is 5.26 Å². The van der Waals surface area contributed by atoms with Crippen molar-refractivity contribution in [3.8, 4) is 18.4 Å². The van der Waals surface area contributed by atoms with Gasteiger partial charge in [-0.1, -0.05) is 30.2 Å². The van der Waals surface area contributed by atoms with Crippen LogP contribution in [0.2, 0.25) is 0 Å². The first-order valence-electron chi connectivity index (χ1n) is 9.49.